The zero-order valence-corrected chi connectivity index (χ0v) is 9.24. The number of fused-ring (bicyclic) bond motifs is 1. The summed E-state index contributed by atoms with van der Waals surface area (Å²) in [6.45, 7) is 3.97. The van der Waals surface area contributed by atoms with Gasteiger partial charge >= 0.3 is 0 Å². The number of hydrogen-bond donors (Lipinski definition) is 0. The zero-order chi connectivity index (χ0) is 11.7. The summed E-state index contributed by atoms with van der Waals surface area (Å²) in [6, 6.07) is 5.09. The molecule has 2 heterocycles. The van der Waals surface area contributed by atoms with E-state index in [1.807, 2.05) is 13.8 Å². The first-order valence-corrected chi connectivity index (χ1v) is 5.17. The molecule has 0 radical (unpaired) electrons. The van der Waals surface area contributed by atoms with E-state index in [9.17, 15) is 4.39 Å². The monoisotopic (exact) mass is 217 g/mol. The van der Waals surface area contributed by atoms with Gasteiger partial charge in [0.05, 0.1) is 23.9 Å². The van der Waals surface area contributed by atoms with Gasteiger partial charge in [-0.15, -0.1) is 0 Å². The standard InChI is InChI=1S/C12H12FN3/c1-8(2)11-10(5-6-14)16-7-3-4-9(13)12(16)15-11/h3-4,7-8H,5H2,1-2H3. The molecule has 0 aliphatic rings. The highest BCUT2D eigenvalue weighted by Crippen LogP contribution is 2.22. The number of imidazole rings is 1. The molecule has 2 aromatic rings. The molecule has 0 aromatic carbocycles. The first kappa shape index (κ1) is 10.6. The summed E-state index contributed by atoms with van der Waals surface area (Å²) >= 11 is 0. The van der Waals surface area contributed by atoms with Crippen LogP contribution < -0.4 is 0 Å². The third-order valence-electron chi connectivity index (χ3n) is 2.53. The molecule has 0 atom stereocenters. The van der Waals surface area contributed by atoms with Crippen LogP contribution in [0.3, 0.4) is 0 Å². The quantitative estimate of drug-likeness (QED) is 0.776. The van der Waals surface area contributed by atoms with Crippen molar-refractivity contribution >= 4 is 5.65 Å². The summed E-state index contributed by atoms with van der Waals surface area (Å²) in [4.78, 5) is 4.27. The predicted molar refractivity (Wildman–Crippen MR) is 58.6 cm³/mol. The van der Waals surface area contributed by atoms with Gasteiger partial charge in [-0.2, -0.15) is 5.26 Å². The van der Waals surface area contributed by atoms with Gasteiger partial charge in [0.2, 0.25) is 0 Å². The van der Waals surface area contributed by atoms with Gasteiger partial charge in [0.15, 0.2) is 11.5 Å². The van der Waals surface area contributed by atoms with E-state index in [4.69, 9.17) is 5.26 Å². The Kier molecular flexibility index (Phi) is 2.61. The number of pyridine rings is 1. The number of rotatable bonds is 2. The first-order chi connectivity index (χ1) is 7.65. The van der Waals surface area contributed by atoms with Gasteiger partial charge in [0, 0.05) is 6.20 Å². The maximum Gasteiger partial charge on any atom is 0.173 e. The highest BCUT2D eigenvalue weighted by molar-refractivity contribution is 5.46. The Morgan fingerprint density at radius 3 is 2.94 bits per heavy atom. The lowest BCUT2D eigenvalue weighted by Crippen LogP contribution is -1.97. The van der Waals surface area contributed by atoms with Crippen LogP contribution in [0.25, 0.3) is 5.65 Å². The number of aromatic nitrogens is 2. The van der Waals surface area contributed by atoms with Crippen LogP contribution >= 0.6 is 0 Å². The maximum absolute atomic E-state index is 13.5. The van der Waals surface area contributed by atoms with Gasteiger partial charge in [-0.3, -0.25) is 0 Å². The van der Waals surface area contributed by atoms with E-state index in [1.54, 1.807) is 16.7 Å². The zero-order valence-electron chi connectivity index (χ0n) is 9.24. The predicted octanol–water partition coefficient (Wildman–Crippen LogP) is 2.66. The third-order valence-corrected chi connectivity index (χ3v) is 2.53. The fourth-order valence-corrected chi connectivity index (χ4v) is 1.81. The molecular weight excluding hydrogens is 205 g/mol. The van der Waals surface area contributed by atoms with Crippen molar-refractivity contribution in [2.75, 3.05) is 0 Å². The van der Waals surface area contributed by atoms with Crippen LogP contribution in [0.4, 0.5) is 4.39 Å². The normalized spacial score (nSPS) is 10.9. The lowest BCUT2D eigenvalue weighted by Gasteiger charge is -2.02. The smallest absolute Gasteiger partial charge is 0.173 e. The average Bonchev–Trinajstić information content (AvgIpc) is 2.60. The summed E-state index contributed by atoms with van der Waals surface area (Å²) in [5, 5.41) is 8.79. The summed E-state index contributed by atoms with van der Waals surface area (Å²) in [5.74, 6) is -0.170. The van der Waals surface area contributed by atoms with Gasteiger partial charge in [0.1, 0.15) is 0 Å². The van der Waals surface area contributed by atoms with Crippen molar-refractivity contribution in [1.82, 2.24) is 9.38 Å². The average molecular weight is 217 g/mol. The van der Waals surface area contributed by atoms with Crippen molar-refractivity contribution in [3.8, 4) is 6.07 Å². The number of hydrogen-bond acceptors (Lipinski definition) is 2. The van der Waals surface area contributed by atoms with Gasteiger partial charge in [-0.25, -0.2) is 9.37 Å². The van der Waals surface area contributed by atoms with Crippen LogP contribution in [0.1, 0.15) is 31.2 Å². The van der Waals surface area contributed by atoms with E-state index in [-0.39, 0.29) is 18.2 Å². The Hall–Kier alpha value is -1.89. The molecule has 0 aliphatic heterocycles. The Morgan fingerprint density at radius 2 is 2.31 bits per heavy atom. The van der Waals surface area contributed by atoms with E-state index in [0.717, 1.165) is 11.4 Å². The van der Waals surface area contributed by atoms with Crippen molar-refractivity contribution in [2.45, 2.75) is 26.2 Å². The maximum atomic E-state index is 13.5. The van der Waals surface area contributed by atoms with Crippen molar-refractivity contribution in [2.24, 2.45) is 0 Å². The van der Waals surface area contributed by atoms with E-state index in [1.165, 1.54) is 6.07 Å². The van der Waals surface area contributed by atoms with Gasteiger partial charge in [0.25, 0.3) is 0 Å². The van der Waals surface area contributed by atoms with Gasteiger partial charge in [-0.05, 0) is 18.1 Å². The lowest BCUT2D eigenvalue weighted by atomic mass is 10.1. The molecule has 2 aromatic heterocycles. The fraction of sp³-hybridized carbons (Fsp3) is 0.333. The van der Waals surface area contributed by atoms with Crippen LogP contribution in [0.15, 0.2) is 18.3 Å². The summed E-state index contributed by atoms with van der Waals surface area (Å²) in [6.07, 6.45) is 1.99. The van der Waals surface area contributed by atoms with E-state index in [0.29, 0.717) is 5.65 Å². The molecule has 0 spiro atoms. The van der Waals surface area contributed by atoms with Gasteiger partial charge in [-0.1, -0.05) is 13.8 Å². The summed E-state index contributed by atoms with van der Waals surface area (Å²) in [5.41, 5.74) is 1.88. The molecule has 2 rings (SSSR count). The van der Waals surface area contributed by atoms with Crippen molar-refractivity contribution < 1.29 is 4.39 Å². The van der Waals surface area contributed by atoms with Crippen LogP contribution in [0.5, 0.6) is 0 Å². The Balaban J connectivity index is 2.76. The molecular formula is C12H12FN3. The molecule has 16 heavy (non-hydrogen) atoms. The Morgan fingerprint density at radius 1 is 1.56 bits per heavy atom. The fourth-order valence-electron chi connectivity index (χ4n) is 1.81. The van der Waals surface area contributed by atoms with Crippen molar-refractivity contribution in [3.05, 3.63) is 35.5 Å². The second-order valence-corrected chi connectivity index (χ2v) is 3.98. The molecule has 0 N–H and O–H groups in total. The molecule has 0 unspecified atom stereocenters. The summed E-state index contributed by atoms with van der Waals surface area (Å²) in [7, 11) is 0. The molecule has 0 aliphatic carbocycles. The number of nitriles is 1. The second-order valence-electron chi connectivity index (χ2n) is 3.98. The topological polar surface area (TPSA) is 41.1 Å². The largest absolute Gasteiger partial charge is 0.300 e. The van der Waals surface area contributed by atoms with Crippen LogP contribution in [-0.2, 0) is 6.42 Å². The molecule has 0 saturated carbocycles. The SMILES string of the molecule is CC(C)c1nc2c(F)cccn2c1CC#N. The highest BCUT2D eigenvalue weighted by atomic mass is 19.1. The molecule has 3 nitrogen and oxygen atoms in total. The Labute approximate surface area is 93.2 Å². The van der Waals surface area contributed by atoms with Crippen molar-refractivity contribution in [3.63, 3.8) is 0 Å². The minimum absolute atomic E-state index is 0.183. The molecule has 0 amide bonds. The molecule has 0 fully saturated rings. The molecule has 4 heteroatoms. The molecule has 82 valence electrons. The van der Waals surface area contributed by atoms with E-state index in [2.05, 4.69) is 11.1 Å². The number of nitrogens with zero attached hydrogens (tertiary/aromatic N) is 3. The van der Waals surface area contributed by atoms with Crippen molar-refractivity contribution in [1.29, 1.82) is 5.26 Å². The summed E-state index contributed by atoms with van der Waals surface area (Å²) < 4.78 is 15.2. The van der Waals surface area contributed by atoms with Crippen LogP contribution in [-0.4, -0.2) is 9.38 Å². The first-order valence-electron chi connectivity index (χ1n) is 5.17. The van der Waals surface area contributed by atoms with E-state index >= 15 is 0 Å². The minimum atomic E-state index is -0.353. The molecule has 0 saturated heterocycles. The third kappa shape index (κ3) is 1.54. The molecule has 0 bridgehead atoms. The Bertz CT molecular complexity index is 563. The number of halogens is 1. The van der Waals surface area contributed by atoms with Crippen LogP contribution in [0, 0.1) is 17.1 Å². The lowest BCUT2D eigenvalue weighted by molar-refractivity contribution is 0.629. The van der Waals surface area contributed by atoms with Crippen LogP contribution in [0.2, 0.25) is 0 Å². The van der Waals surface area contributed by atoms with Gasteiger partial charge < -0.3 is 4.40 Å². The highest BCUT2D eigenvalue weighted by Gasteiger charge is 2.16. The second kappa shape index (κ2) is 3.93. The minimum Gasteiger partial charge on any atom is -0.300 e. The van der Waals surface area contributed by atoms with E-state index < -0.39 is 0 Å².